The van der Waals surface area contributed by atoms with Gasteiger partial charge in [-0.1, -0.05) is 6.07 Å². The van der Waals surface area contributed by atoms with Crippen LogP contribution in [0, 0.1) is 5.82 Å². The average molecular weight is 251 g/mol. The Morgan fingerprint density at radius 1 is 1.50 bits per heavy atom. The van der Waals surface area contributed by atoms with Crippen molar-refractivity contribution in [2.75, 3.05) is 14.2 Å². The second-order valence-electron chi connectivity index (χ2n) is 4.82. The molecule has 0 aliphatic heterocycles. The Bertz CT molecular complexity index is 447. The van der Waals surface area contributed by atoms with Crippen LogP contribution in [0.4, 0.5) is 4.39 Å². The van der Waals surface area contributed by atoms with E-state index in [2.05, 4.69) is 4.90 Å². The lowest BCUT2D eigenvalue weighted by molar-refractivity contribution is -0.117. The maximum Gasteiger partial charge on any atom is 0.165 e. The first kappa shape index (κ1) is 13.0. The Hall–Kier alpha value is -1.42. The highest BCUT2D eigenvalue weighted by atomic mass is 19.1. The molecule has 0 N–H and O–H groups in total. The minimum absolute atomic E-state index is 0.262. The molecule has 0 bridgehead atoms. The van der Waals surface area contributed by atoms with Crippen LogP contribution in [0.25, 0.3) is 0 Å². The first-order chi connectivity index (χ1) is 8.60. The van der Waals surface area contributed by atoms with E-state index in [0.29, 0.717) is 31.2 Å². The summed E-state index contributed by atoms with van der Waals surface area (Å²) in [7, 11) is 3.43. The molecule has 4 heteroatoms. The standard InChI is InChI=1S/C14H18FNO2/c1-16(11-4-5-12(17)8-11)9-10-3-6-14(18-2)13(15)7-10/h3,6-7,11H,4-5,8-9H2,1-2H3. The molecule has 1 aromatic rings. The van der Waals surface area contributed by atoms with Gasteiger partial charge in [0, 0.05) is 25.4 Å². The molecule has 1 atom stereocenters. The summed E-state index contributed by atoms with van der Waals surface area (Å²) in [6.45, 7) is 0.652. The molecule has 2 rings (SSSR count). The Balaban J connectivity index is 2.00. The topological polar surface area (TPSA) is 29.5 Å². The van der Waals surface area contributed by atoms with Crippen molar-refractivity contribution in [2.45, 2.75) is 31.8 Å². The van der Waals surface area contributed by atoms with Gasteiger partial charge in [0.25, 0.3) is 0 Å². The summed E-state index contributed by atoms with van der Waals surface area (Å²) in [6.07, 6.45) is 2.20. The highest BCUT2D eigenvalue weighted by Gasteiger charge is 2.25. The highest BCUT2D eigenvalue weighted by molar-refractivity contribution is 5.81. The molecule has 0 radical (unpaired) electrons. The molecule has 1 aliphatic carbocycles. The molecule has 1 aromatic carbocycles. The van der Waals surface area contributed by atoms with Gasteiger partial charge >= 0.3 is 0 Å². The van der Waals surface area contributed by atoms with E-state index in [0.717, 1.165) is 12.0 Å². The van der Waals surface area contributed by atoms with Crippen molar-refractivity contribution in [2.24, 2.45) is 0 Å². The zero-order valence-electron chi connectivity index (χ0n) is 10.8. The van der Waals surface area contributed by atoms with Crippen molar-refractivity contribution in [1.82, 2.24) is 4.90 Å². The highest BCUT2D eigenvalue weighted by Crippen LogP contribution is 2.23. The second kappa shape index (κ2) is 5.48. The van der Waals surface area contributed by atoms with Gasteiger partial charge in [-0.05, 0) is 31.2 Å². The molecule has 0 aromatic heterocycles. The van der Waals surface area contributed by atoms with Crippen molar-refractivity contribution in [3.05, 3.63) is 29.6 Å². The number of Topliss-reactive ketones (excluding diaryl/α,β-unsaturated/α-hetero) is 1. The number of hydrogen-bond donors (Lipinski definition) is 0. The summed E-state index contributed by atoms with van der Waals surface area (Å²) in [5.74, 6) is 0.246. The van der Waals surface area contributed by atoms with Gasteiger partial charge in [0.15, 0.2) is 11.6 Å². The summed E-state index contributed by atoms with van der Waals surface area (Å²) >= 11 is 0. The van der Waals surface area contributed by atoms with Crippen molar-refractivity contribution in [1.29, 1.82) is 0 Å². The molecule has 98 valence electrons. The summed E-state index contributed by atoms with van der Waals surface area (Å²) < 4.78 is 18.4. The number of carbonyl (C=O) groups excluding carboxylic acids is 1. The number of benzene rings is 1. The quantitative estimate of drug-likeness (QED) is 0.823. The van der Waals surface area contributed by atoms with Gasteiger partial charge < -0.3 is 4.74 Å². The van der Waals surface area contributed by atoms with Crippen LogP contribution in [0.5, 0.6) is 5.75 Å². The van der Waals surface area contributed by atoms with Crippen molar-refractivity contribution in [3.63, 3.8) is 0 Å². The third-order valence-corrected chi connectivity index (χ3v) is 3.49. The van der Waals surface area contributed by atoms with Gasteiger partial charge in [0.2, 0.25) is 0 Å². The van der Waals surface area contributed by atoms with Gasteiger partial charge in [-0.15, -0.1) is 0 Å². The number of nitrogens with zero attached hydrogens (tertiary/aromatic N) is 1. The van der Waals surface area contributed by atoms with Gasteiger partial charge in [0.1, 0.15) is 5.78 Å². The van der Waals surface area contributed by atoms with Crippen molar-refractivity contribution < 1.29 is 13.9 Å². The van der Waals surface area contributed by atoms with E-state index in [1.165, 1.54) is 13.2 Å². The predicted molar refractivity (Wildman–Crippen MR) is 67.1 cm³/mol. The van der Waals surface area contributed by atoms with Crippen LogP contribution < -0.4 is 4.74 Å². The predicted octanol–water partition coefficient (Wildman–Crippen LogP) is 2.39. The van der Waals surface area contributed by atoms with Crippen LogP contribution in [0.1, 0.15) is 24.8 Å². The average Bonchev–Trinajstić information content (AvgIpc) is 2.76. The van der Waals surface area contributed by atoms with Crippen LogP contribution in [0.2, 0.25) is 0 Å². The molecule has 0 saturated heterocycles. The Morgan fingerprint density at radius 2 is 2.28 bits per heavy atom. The summed E-state index contributed by atoms with van der Waals surface area (Å²) in [4.78, 5) is 13.4. The van der Waals surface area contributed by atoms with Crippen LogP contribution in [0.15, 0.2) is 18.2 Å². The number of hydrogen-bond acceptors (Lipinski definition) is 3. The fourth-order valence-corrected chi connectivity index (χ4v) is 2.40. The van der Waals surface area contributed by atoms with Crippen molar-refractivity contribution >= 4 is 5.78 Å². The number of ether oxygens (including phenoxy) is 1. The maximum atomic E-state index is 13.5. The van der Waals surface area contributed by atoms with Gasteiger partial charge in [-0.25, -0.2) is 4.39 Å². The third kappa shape index (κ3) is 2.88. The largest absolute Gasteiger partial charge is 0.494 e. The molecule has 18 heavy (non-hydrogen) atoms. The monoisotopic (exact) mass is 251 g/mol. The van der Waals surface area contributed by atoms with E-state index >= 15 is 0 Å². The Kier molecular flexibility index (Phi) is 3.97. The Labute approximate surface area is 107 Å². The van der Waals surface area contributed by atoms with Crippen LogP contribution >= 0.6 is 0 Å². The van der Waals surface area contributed by atoms with Crippen LogP contribution in [0.3, 0.4) is 0 Å². The van der Waals surface area contributed by atoms with E-state index in [9.17, 15) is 9.18 Å². The van der Waals surface area contributed by atoms with Crippen molar-refractivity contribution in [3.8, 4) is 5.75 Å². The fourth-order valence-electron chi connectivity index (χ4n) is 2.40. The number of rotatable bonds is 4. The number of carbonyl (C=O) groups is 1. The van der Waals surface area contributed by atoms with E-state index in [4.69, 9.17) is 4.74 Å². The first-order valence-electron chi connectivity index (χ1n) is 6.14. The summed E-state index contributed by atoms with van der Waals surface area (Å²) in [5, 5.41) is 0. The lowest BCUT2D eigenvalue weighted by Crippen LogP contribution is -2.29. The number of halogens is 1. The zero-order chi connectivity index (χ0) is 13.1. The minimum atomic E-state index is -0.342. The van der Waals surface area contributed by atoms with Gasteiger partial charge in [0.05, 0.1) is 7.11 Å². The molecule has 0 spiro atoms. The molecule has 1 fully saturated rings. The van der Waals surface area contributed by atoms with E-state index in [-0.39, 0.29) is 11.6 Å². The smallest absolute Gasteiger partial charge is 0.165 e. The molecule has 0 heterocycles. The molecule has 0 amide bonds. The SMILES string of the molecule is COc1ccc(CN(C)C2CCC(=O)C2)cc1F. The summed E-state index contributed by atoms with van der Waals surface area (Å²) in [5.41, 5.74) is 0.898. The molecule has 1 aliphatic rings. The molecule has 3 nitrogen and oxygen atoms in total. The summed E-state index contributed by atoms with van der Waals surface area (Å²) in [6, 6.07) is 5.28. The first-order valence-corrected chi connectivity index (χ1v) is 6.14. The van der Waals surface area contributed by atoms with E-state index in [1.54, 1.807) is 6.07 Å². The second-order valence-corrected chi connectivity index (χ2v) is 4.82. The van der Waals surface area contributed by atoms with Crippen LogP contribution in [-0.4, -0.2) is 30.9 Å². The third-order valence-electron chi connectivity index (χ3n) is 3.49. The number of ketones is 1. The molecular formula is C14H18FNO2. The molecule has 1 saturated carbocycles. The zero-order valence-corrected chi connectivity index (χ0v) is 10.8. The van der Waals surface area contributed by atoms with E-state index in [1.807, 2.05) is 13.1 Å². The normalized spacial score (nSPS) is 19.6. The van der Waals surface area contributed by atoms with E-state index < -0.39 is 0 Å². The minimum Gasteiger partial charge on any atom is -0.494 e. The van der Waals surface area contributed by atoms with Gasteiger partial charge in [-0.2, -0.15) is 0 Å². The maximum absolute atomic E-state index is 13.5. The molecule has 1 unspecified atom stereocenters. The van der Waals surface area contributed by atoms with Crippen LogP contribution in [-0.2, 0) is 11.3 Å². The number of methoxy groups -OCH3 is 1. The Morgan fingerprint density at radius 3 is 2.83 bits per heavy atom. The fraction of sp³-hybridized carbons (Fsp3) is 0.500. The lowest BCUT2D eigenvalue weighted by Gasteiger charge is -2.23. The lowest BCUT2D eigenvalue weighted by atomic mass is 10.1. The van der Waals surface area contributed by atoms with Gasteiger partial charge in [-0.3, -0.25) is 9.69 Å². The molecular weight excluding hydrogens is 233 g/mol.